The Morgan fingerprint density at radius 3 is 2.32 bits per heavy atom. The summed E-state index contributed by atoms with van der Waals surface area (Å²) in [6, 6.07) is 7.33. The van der Waals surface area contributed by atoms with E-state index in [4.69, 9.17) is 0 Å². The molecule has 0 fully saturated rings. The van der Waals surface area contributed by atoms with Crippen LogP contribution in [0.15, 0.2) is 28.7 Å². The number of benzene rings is 1. The summed E-state index contributed by atoms with van der Waals surface area (Å²) in [6.07, 6.45) is 0. The predicted octanol–water partition coefficient (Wildman–Crippen LogP) is 2.04. The summed E-state index contributed by atoms with van der Waals surface area (Å²) >= 11 is 3.37. The molecule has 0 unspecified atom stereocenters. The summed E-state index contributed by atoms with van der Waals surface area (Å²) in [4.78, 5) is 27.2. The van der Waals surface area contributed by atoms with Crippen molar-refractivity contribution in [2.24, 2.45) is 0 Å². The first-order chi connectivity index (χ1) is 8.95. The molecule has 4 nitrogen and oxygen atoms in total. The van der Waals surface area contributed by atoms with Gasteiger partial charge in [0, 0.05) is 24.1 Å². The van der Waals surface area contributed by atoms with Crippen molar-refractivity contribution >= 4 is 27.6 Å². The molecular formula is C14H19BrN2O2. The number of rotatable bonds is 6. The predicted molar refractivity (Wildman–Crippen MR) is 79.3 cm³/mol. The van der Waals surface area contributed by atoms with Gasteiger partial charge in [0.15, 0.2) is 5.78 Å². The molecule has 5 heteroatoms. The molecule has 19 heavy (non-hydrogen) atoms. The van der Waals surface area contributed by atoms with E-state index in [1.165, 1.54) is 4.90 Å². The number of ketones is 1. The monoisotopic (exact) mass is 326 g/mol. The first kappa shape index (κ1) is 15.9. The number of hydrogen-bond acceptors (Lipinski definition) is 3. The Morgan fingerprint density at radius 1 is 1.16 bits per heavy atom. The van der Waals surface area contributed by atoms with E-state index >= 15 is 0 Å². The van der Waals surface area contributed by atoms with E-state index in [0.29, 0.717) is 12.1 Å². The summed E-state index contributed by atoms with van der Waals surface area (Å²) in [7, 11) is 3.43. The van der Waals surface area contributed by atoms with Gasteiger partial charge in [-0.05, 0) is 12.6 Å². The Labute approximate surface area is 122 Å². The smallest absolute Gasteiger partial charge is 0.236 e. The zero-order valence-corrected chi connectivity index (χ0v) is 13.1. The lowest BCUT2D eigenvalue weighted by atomic mass is 10.1. The van der Waals surface area contributed by atoms with Crippen molar-refractivity contribution in [3.05, 3.63) is 34.3 Å². The van der Waals surface area contributed by atoms with Crippen molar-refractivity contribution < 1.29 is 9.59 Å². The van der Waals surface area contributed by atoms with Crippen LogP contribution < -0.4 is 0 Å². The molecule has 0 heterocycles. The zero-order chi connectivity index (χ0) is 14.4. The van der Waals surface area contributed by atoms with Crippen molar-refractivity contribution in [1.29, 1.82) is 0 Å². The number of nitrogens with zero attached hydrogens (tertiary/aromatic N) is 2. The normalized spacial score (nSPS) is 10.6. The third-order valence-electron chi connectivity index (χ3n) is 2.85. The van der Waals surface area contributed by atoms with Gasteiger partial charge in [-0.1, -0.05) is 41.1 Å². The molecule has 0 bridgehead atoms. The minimum Gasteiger partial charge on any atom is -0.348 e. The van der Waals surface area contributed by atoms with E-state index in [9.17, 15) is 9.59 Å². The van der Waals surface area contributed by atoms with Gasteiger partial charge in [-0.3, -0.25) is 14.5 Å². The Hall–Kier alpha value is -1.20. The molecule has 1 amide bonds. The Morgan fingerprint density at radius 2 is 1.79 bits per heavy atom. The van der Waals surface area contributed by atoms with E-state index in [0.717, 1.165) is 4.47 Å². The van der Waals surface area contributed by atoms with Gasteiger partial charge in [-0.2, -0.15) is 0 Å². The summed E-state index contributed by atoms with van der Waals surface area (Å²) in [5, 5.41) is 0. The van der Waals surface area contributed by atoms with Crippen molar-refractivity contribution in [2.75, 3.05) is 33.7 Å². The van der Waals surface area contributed by atoms with Gasteiger partial charge >= 0.3 is 0 Å². The fourth-order valence-corrected chi connectivity index (χ4v) is 2.09. The minimum atomic E-state index is 0.00165. The standard InChI is InChI=1S/C14H19BrN2O2/c1-4-17(10-14(19)16(2)3)9-13(18)11-7-5-6-8-12(11)15/h5-8H,4,9-10H2,1-3H3. The molecule has 0 aromatic heterocycles. The molecular weight excluding hydrogens is 308 g/mol. The molecule has 0 aliphatic rings. The van der Waals surface area contributed by atoms with Crippen molar-refractivity contribution in [3.8, 4) is 0 Å². The average molecular weight is 327 g/mol. The fourth-order valence-electron chi connectivity index (χ4n) is 1.59. The van der Waals surface area contributed by atoms with Gasteiger partial charge < -0.3 is 4.90 Å². The van der Waals surface area contributed by atoms with Crippen LogP contribution in [-0.2, 0) is 4.79 Å². The third-order valence-corrected chi connectivity index (χ3v) is 3.54. The van der Waals surface area contributed by atoms with Crippen LogP contribution in [0.4, 0.5) is 0 Å². The van der Waals surface area contributed by atoms with Crippen LogP contribution in [0, 0.1) is 0 Å². The molecule has 0 aliphatic heterocycles. The molecule has 1 rings (SSSR count). The molecule has 0 aliphatic carbocycles. The SMILES string of the molecule is CCN(CC(=O)c1ccccc1Br)CC(=O)N(C)C. The molecule has 0 atom stereocenters. The fraction of sp³-hybridized carbons (Fsp3) is 0.429. The maximum atomic E-state index is 12.2. The minimum absolute atomic E-state index is 0.00165. The lowest BCUT2D eigenvalue weighted by Crippen LogP contribution is -2.39. The molecule has 0 saturated heterocycles. The third kappa shape index (κ3) is 4.76. The van der Waals surface area contributed by atoms with Crippen molar-refractivity contribution in [2.45, 2.75) is 6.92 Å². The highest BCUT2D eigenvalue weighted by Crippen LogP contribution is 2.16. The second kappa shape index (κ2) is 7.40. The van der Waals surface area contributed by atoms with Crippen LogP contribution in [0.5, 0.6) is 0 Å². The molecule has 0 N–H and O–H groups in total. The first-order valence-corrected chi connectivity index (χ1v) is 6.95. The van der Waals surface area contributed by atoms with E-state index in [2.05, 4.69) is 15.9 Å². The quantitative estimate of drug-likeness (QED) is 0.751. The van der Waals surface area contributed by atoms with E-state index in [1.54, 1.807) is 20.2 Å². The van der Waals surface area contributed by atoms with Crippen LogP contribution in [0.25, 0.3) is 0 Å². The number of hydrogen-bond donors (Lipinski definition) is 0. The van der Waals surface area contributed by atoms with Crippen LogP contribution >= 0.6 is 15.9 Å². The highest BCUT2D eigenvalue weighted by molar-refractivity contribution is 9.10. The van der Waals surface area contributed by atoms with E-state index in [-0.39, 0.29) is 24.8 Å². The maximum Gasteiger partial charge on any atom is 0.236 e. The van der Waals surface area contributed by atoms with Crippen molar-refractivity contribution in [3.63, 3.8) is 0 Å². The lowest BCUT2D eigenvalue weighted by molar-refractivity contribution is -0.129. The molecule has 104 valence electrons. The molecule has 0 saturated carbocycles. The first-order valence-electron chi connectivity index (χ1n) is 6.16. The maximum absolute atomic E-state index is 12.2. The van der Waals surface area contributed by atoms with Crippen LogP contribution in [0.3, 0.4) is 0 Å². The summed E-state index contributed by atoms with van der Waals surface area (Å²) in [5.74, 6) is 0.0164. The van der Waals surface area contributed by atoms with E-state index in [1.807, 2.05) is 30.0 Å². The molecule has 0 radical (unpaired) electrons. The number of carbonyl (C=O) groups excluding carboxylic acids is 2. The zero-order valence-electron chi connectivity index (χ0n) is 11.5. The number of amides is 1. The van der Waals surface area contributed by atoms with Crippen LogP contribution in [-0.4, -0.2) is 55.2 Å². The van der Waals surface area contributed by atoms with Crippen LogP contribution in [0.2, 0.25) is 0 Å². The van der Waals surface area contributed by atoms with Gasteiger partial charge in [-0.25, -0.2) is 0 Å². The Balaban J connectivity index is 2.69. The van der Waals surface area contributed by atoms with Gasteiger partial charge in [0.25, 0.3) is 0 Å². The number of carbonyl (C=O) groups is 2. The summed E-state index contributed by atoms with van der Waals surface area (Å²) < 4.78 is 0.787. The summed E-state index contributed by atoms with van der Waals surface area (Å²) in [6.45, 7) is 3.12. The number of halogens is 1. The number of Topliss-reactive ketones (excluding diaryl/α,β-unsaturated/α-hetero) is 1. The van der Waals surface area contributed by atoms with Gasteiger partial charge in [0.05, 0.1) is 13.1 Å². The second-order valence-corrected chi connectivity index (χ2v) is 5.35. The van der Waals surface area contributed by atoms with Gasteiger partial charge in [0.2, 0.25) is 5.91 Å². The molecule has 0 spiro atoms. The van der Waals surface area contributed by atoms with E-state index < -0.39 is 0 Å². The second-order valence-electron chi connectivity index (χ2n) is 4.49. The highest BCUT2D eigenvalue weighted by atomic mass is 79.9. The van der Waals surface area contributed by atoms with Crippen LogP contribution in [0.1, 0.15) is 17.3 Å². The molecule has 1 aromatic rings. The summed E-state index contributed by atoms with van der Waals surface area (Å²) in [5.41, 5.74) is 0.651. The lowest BCUT2D eigenvalue weighted by Gasteiger charge is -2.21. The largest absolute Gasteiger partial charge is 0.348 e. The molecule has 1 aromatic carbocycles. The number of likely N-dealkylation sites (N-methyl/N-ethyl adjacent to an activating group) is 2. The average Bonchev–Trinajstić information content (AvgIpc) is 2.37. The van der Waals surface area contributed by atoms with Crippen molar-refractivity contribution in [1.82, 2.24) is 9.80 Å². The highest BCUT2D eigenvalue weighted by Gasteiger charge is 2.16. The van der Waals surface area contributed by atoms with Gasteiger partial charge in [-0.15, -0.1) is 0 Å². The topological polar surface area (TPSA) is 40.6 Å². The Bertz CT molecular complexity index is 461. The Kier molecular flexibility index (Phi) is 6.18. The van der Waals surface area contributed by atoms with Gasteiger partial charge in [0.1, 0.15) is 0 Å².